The number of ether oxygens (including phenoxy) is 1. The molecule has 2 fully saturated rings. The Hall–Kier alpha value is -2.72. The molecule has 2 aliphatic rings. The van der Waals surface area contributed by atoms with Gasteiger partial charge in [-0.1, -0.05) is 6.07 Å². The molecule has 2 aromatic carbocycles. The van der Waals surface area contributed by atoms with E-state index in [-0.39, 0.29) is 17.6 Å². The van der Waals surface area contributed by atoms with Gasteiger partial charge in [0.1, 0.15) is 11.8 Å². The molecule has 1 unspecified atom stereocenters. The molecule has 2 saturated heterocycles. The SMILES string of the molecule is COc1ccc(NC(=O)C2CSCN2C(=O)c2cccc(N3CCCS3(=O)=O)c2)cc1. The predicted molar refractivity (Wildman–Crippen MR) is 121 cm³/mol. The van der Waals surface area contributed by atoms with Crippen molar-refractivity contribution in [1.29, 1.82) is 0 Å². The van der Waals surface area contributed by atoms with E-state index in [1.807, 2.05) is 0 Å². The average Bonchev–Trinajstić information content (AvgIpc) is 3.40. The van der Waals surface area contributed by atoms with Crippen LogP contribution in [-0.2, 0) is 14.8 Å². The minimum atomic E-state index is -3.33. The smallest absolute Gasteiger partial charge is 0.255 e. The molecule has 4 rings (SSSR count). The Labute approximate surface area is 185 Å². The third-order valence-corrected chi connectivity index (χ3v) is 8.17. The summed E-state index contributed by atoms with van der Waals surface area (Å²) in [4.78, 5) is 27.5. The molecule has 0 bridgehead atoms. The van der Waals surface area contributed by atoms with Crippen LogP contribution in [0.5, 0.6) is 5.75 Å². The number of rotatable bonds is 5. The lowest BCUT2D eigenvalue weighted by molar-refractivity contribution is -0.119. The number of nitrogens with one attached hydrogen (secondary N) is 1. The van der Waals surface area contributed by atoms with Gasteiger partial charge in [-0.3, -0.25) is 13.9 Å². The van der Waals surface area contributed by atoms with Crippen LogP contribution in [-0.4, -0.2) is 62.2 Å². The number of hydrogen-bond acceptors (Lipinski definition) is 6. The highest BCUT2D eigenvalue weighted by Gasteiger charge is 2.36. The van der Waals surface area contributed by atoms with Crippen LogP contribution in [0.25, 0.3) is 0 Å². The first-order valence-corrected chi connectivity index (χ1v) is 12.6. The average molecular weight is 462 g/mol. The molecule has 1 atom stereocenters. The number of methoxy groups -OCH3 is 1. The van der Waals surface area contributed by atoms with E-state index in [1.165, 1.54) is 21.0 Å². The van der Waals surface area contributed by atoms with Crippen LogP contribution >= 0.6 is 11.8 Å². The second-order valence-electron chi connectivity index (χ2n) is 7.30. The quantitative estimate of drug-likeness (QED) is 0.735. The van der Waals surface area contributed by atoms with Gasteiger partial charge in [-0.15, -0.1) is 11.8 Å². The molecule has 8 nitrogen and oxygen atoms in total. The molecule has 0 aliphatic carbocycles. The topological polar surface area (TPSA) is 96.0 Å². The van der Waals surface area contributed by atoms with E-state index >= 15 is 0 Å². The number of nitrogens with zero attached hydrogens (tertiary/aromatic N) is 2. The molecule has 0 spiro atoms. The predicted octanol–water partition coefficient (Wildman–Crippen LogP) is 2.39. The number of amides is 2. The van der Waals surface area contributed by atoms with Crippen molar-refractivity contribution in [3.63, 3.8) is 0 Å². The fraction of sp³-hybridized carbons (Fsp3) is 0.333. The van der Waals surface area contributed by atoms with Gasteiger partial charge in [0.25, 0.3) is 5.91 Å². The number of thioether (sulfide) groups is 1. The van der Waals surface area contributed by atoms with E-state index in [0.29, 0.717) is 47.3 Å². The van der Waals surface area contributed by atoms with Gasteiger partial charge in [0.2, 0.25) is 15.9 Å². The minimum absolute atomic E-state index is 0.113. The van der Waals surface area contributed by atoms with Crippen LogP contribution in [0.15, 0.2) is 48.5 Å². The van der Waals surface area contributed by atoms with Crippen molar-refractivity contribution in [1.82, 2.24) is 4.90 Å². The van der Waals surface area contributed by atoms with Crippen LogP contribution in [0.4, 0.5) is 11.4 Å². The first kappa shape index (κ1) is 21.5. The Balaban J connectivity index is 1.50. The summed E-state index contributed by atoms with van der Waals surface area (Å²) in [5, 5.41) is 2.85. The summed E-state index contributed by atoms with van der Waals surface area (Å²) in [6, 6.07) is 13.0. The summed E-state index contributed by atoms with van der Waals surface area (Å²) in [6.07, 6.45) is 0.566. The van der Waals surface area contributed by atoms with Crippen molar-refractivity contribution >= 4 is 45.0 Å². The molecule has 0 aromatic heterocycles. The van der Waals surface area contributed by atoms with Gasteiger partial charge in [0.05, 0.1) is 24.4 Å². The van der Waals surface area contributed by atoms with Crippen LogP contribution in [0.1, 0.15) is 16.8 Å². The summed E-state index contributed by atoms with van der Waals surface area (Å²) < 4.78 is 30.9. The second kappa shape index (κ2) is 8.80. The number of sulfonamides is 1. The number of anilines is 2. The van der Waals surface area contributed by atoms with Gasteiger partial charge in [-0.25, -0.2) is 8.42 Å². The molecule has 31 heavy (non-hydrogen) atoms. The van der Waals surface area contributed by atoms with Crippen LogP contribution < -0.4 is 14.4 Å². The molecular formula is C21H23N3O5S2. The summed E-state index contributed by atoms with van der Waals surface area (Å²) in [7, 11) is -1.76. The highest BCUT2D eigenvalue weighted by molar-refractivity contribution is 7.99. The monoisotopic (exact) mass is 461 g/mol. The van der Waals surface area contributed by atoms with Crippen molar-refractivity contribution in [3.05, 3.63) is 54.1 Å². The summed E-state index contributed by atoms with van der Waals surface area (Å²) in [5.41, 5.74) is 1.47. The first-order valence-electron chi connectivity index (χ1n) is 9.83. The standard InChI is InChI=1S/C21H23N3O5S2/c1-29-18-8-6-16(7-9-18)22-20(25)19-13-30-14-23(19)21(26)15-4-2-5-17(12-15)24-10-3-11-31(24,27)28/h2,4-9,12,19H,3,10-11,13-14H2,1H3,(H,22,25). The largest absolute Gasteiger partial charge is 0.497 e. The van der Waals surface area contributed by atoms with E-state index in [9.17, 15) is 18.0 Å². The Morgan fingerprint density at radius 1 is 1.16 bits per heavy atom. The minimum Gasteiger partial charge on any atom is -0.497 e. The zero-order valence-corrected chi connectivity index (χ0v) is 18.6. The maximum atomic E-state index is 13.2. The highest BCUT2D eigenvalue weighted by atomic mass is 32.2. The highest BCUT2D eigenvalue weighted by Crippen LogP contribution is 2.28. The molecule has 0 radical (unpaired) electrons. The number of hydrogen-bond donors (Lipinski definition) is 1. The lowest BCUT2D eigenvalue weighted by Gasteiger charge is -2.24. The summed E-state index contributed by atoms with van der Waals surface area (Å²) in [6.45, 7) is 0.409. The number of carbonyl (C=O) groups is 2. The van der Waals surface area contributed by atoms with Crippen LogP contribution in [0, 0.1) is 0 Å². The van der Waals surface area contributed by atoms with Crippen molar-refractivity contribution < 1.29 is 22.7 Å². The molecular weight excluding hydrogens is 438 g/mol. The van der Waals surface area contributed by atoms with Gasteiger partial charge >= 0.3 is 0 Å². The number of benzene rings is 2. The Bertz CT molecular complexity index is 1090. The lowest BCUT2D eigenvalue weighted by atomic mass is 10.1. The Kier molecular flexibility index (Phi) is 6.10. The zero-order valence-electron chi connectivity index (χ0n) is 17.0. The third-order valence-electron chi connectivity index (χ3n) is 5.28. The van der Waals surface area contributed by atoms with E-state index in [4.69, 9.17) is 4.74 Å². The van der Waals surface area contributed by atoms with Gasteiger partial charge in [0.15, 0.2) is 0 Å². The van der Waals surface area contributed by atoms with E-state index in [0.717, 1.165) is 0 Å². The van der Waals surface area contributed by atoms with Crippen LogP contribution in [0.2, 0.25) is 0 Å². The second-order valence-corrected chi connectivity index (χ2v) is 10.3. The van der Waals surface area contributed by atoms with E-state index in [2.05, 4.69) is 5.32 Å². The summed E-state index contributed by atoms with van der Waals surface area (Å²) in [5.74, 6) is 1.13. The van der Waals surface area contributed by atoms with E-state index in [1.54, 1.807) is 55.6 Å². The fourth-order valence-corrected chi connectivity index (χ4v) is 6.36. The van der Waals surface area contributed by atoms with Crippen molar-refractivity contribution in [2.24, 2.45) is 0 Å². The van der Waals surface area contributed by atoms with Gasteiger partial charge in [-0.2, -0.15) is 0 Å². The maximum absolute atomic E-state index is 13.2. The van der Waals surface area contributed by atoms with E-state index < -0.39 is 16.1 Å². The maximum Gasteiger partial charge on any atom is 0.255 e. The lowest BCUT2D eigenvalue weighted by Crippen LogP contribution is -2.44. The molecule has 2 aromatic rings. The van der Waals surface area contributed by atoms with Crippen molar-refractivity contribution in [3.8, 4) is 5.75 Å². The van der Waals surface area contributed by atoms with Gasteiger partial charge in [-0.05, 0) is 48.9 Å². The molecule has 164 valence electrons. The molecule has 0 saturated carbocycles. The zero-order chi connectivity index (χ0) is 22.0. The first-order chi connectivity index (χ1) is 14.9. The molecule has 1 N–H and O–H groups in total. The fourth-order valence-electron chi connectivity index (χ4n) is 3.65. The number of carbonyl (C=O) groups excluding carboxylic acids is 2. The molecule has 2 amide bonds. The Morgan fingerprint density at radius 3 is 2.61 bits per heavy atom. The normalized spacial score (nSPS) is 20.0. The molecule has 2 heterocycles. The third kappa shape index (κ3) is 4.49. The van der Waals surface area contributed by atoms with Gasteiger partial charge < -0.3 is 15.0 Å². The van der Waals surface area contributed by atoms with Crippen molar-refractivity contribution in [2.45, 2.75) is 12.5 Å². The molecule has 10 heteroatoms. The van der Waals surface area contributed by atoms with Gasteiger partial charge in [0, 0.05) is 23.5 Å². The van der Waals surface area contributed by atoms with Crippen molar-refractivity contribution in [2.75, 3.05) is 40.7 Å². The Morgan fingerprint density at radius 2 is 1.94 bits per heavy atom. The summed E-state index contributed by atoms with van der Waals surface area (Å²) >= 11 is 1.51. The van der Waals surface area contributed by atoms with Crippen LogP contribution in [0.3, 0.4) is 0 Å². The molecule has 2 aliphatic heterocycles.